The third-order valence-electron chi connectivity index (χ3n) is 3.24. The topological polar surface area (TPSA) is 84.9 Å². The lowest BCUT2D eigenvalue weighted by Crippen LogP contribution is -2.15. The first-order chi connectivity index (χ1) is 11.0. The van der Waals surface area contributed by atoms with E-state index in [1.165, 1.54) is 25.6 Å². The van der Waals surface area contributed by atoms with Gasteiger partial charge in [-0.2, -0.15) is 0 Å². The van der Waals surface area contributed by atoms with Crippen LogP contribution in [0.1, 0.15) is 32.5 Å². The Morgan fingerprint density at radius 3 is 2.30 bits per heavy atom. The number of aryl methyl sites for hydroxylation is 1. The molecule has 2 N–H and O–H groups in total. The van der Waals surface area contributed by atoms with Crippen LogP contribution in [-0.4, -0.2) is 31.2 Å². The Hall–Kier alpha value is -2.54. The number of aromatic carboxylic acids is 1. The lowest BCUT2D eigenvalue weighted by molar-refractivity contribution is 0.0698. The van der Waals surface area contributed by atoms with E-state index >= 15 is 0 Å². The van der Waals surface area contributed by atoms with E-state index in [0.717, 1.165) is 4.88 Å². The zero-order valence-electron chi connectivity index (χ0n) is 13.0. The Labute approximate surface area is 137 Å². The summed E-state index contributed by atoms with van der Waals surface area (Å²) in [7, 11) is 2.91. The summed E-state index contributed by atoms with van der Waals surface area (Å²) in [4.78, 5) is 24.8. The maximum absolute atomic E-state index is 12.6. The second kappa shape index (κ2) is 7.15. The average Bonchev–Trinajstić information content (AvgIpc) is 2.97. The van der Waals surface area contributed by atoms with Crippen molar-refractivity contribution in [2.75, 3.05) is 19.5 Å². The van der Waals surface area contributed by atoms with Crippen molar-refractivity contribution in [2.24, 2.45) is 0 Å². The van der Waals surface area contributed by atoms with Crippen molar-refractivity contribution in [3.8, 4) is 11.5 Å². The number of thiophene rings is 1. The highest BCUT2D eigenvalue weighted by molar-refractivity contribution is 7.16. The molecule has 1 amide bonds. The summed E-state index contributed by atoms with van der Waals surface area (Å²) in [6, 6.07) is 6.56. The standard InChI is InChI=1S/C16H17NO5S/c1-4-9-8-10(16(19)20)15(23-9)17-14(18)13-11(21-2)6-5-7-12(13)22-3/h5-8H,4H2,1-3H3,(H,17,18)(H,19,20). The minimum atomic E-state index is -1.08. The molecule has 0 bridgehead atoms. The molecule has 0 aliphatic rings. The number of carboxylic acid groups (broad SMARTS) is 1. The number of carbonyl (C=O) groups is 2. The Balaban J connectivity index is 2.40. The summed E-state index contributed by atoms with van der Waals surface area (Å²) in [5.41, 5.74) is 0.300. The van der Waals surface area contributed by atoms with Gasteiger partial charge < -0.3 is 19.9 Å². The molecule has 0 aliphatic heterocycles. The highest BCUT2D eigenvalue weighted by Crippen LogP contribution is 2.32. The van der Waals surface area contributed by atoms with E-state index in [0.29, 0.717) is 22.9 Å². The fourth-order valence-corrected chi connectivity index (χ4v) is 3.09. The summed E-state index contributed by atoms with van der Waals surface area (Å²) in [5.74, 6) is -0.855. The number of ether oxygens (including phenoxy) is 2. The van der Waals surface area contributed by atoms with Crippen molar-refractivity contribution < 1.29 is 24.2 Å². The van der Waals surface area contributed by atoms with Gasteiger partial charge in [0.15, 0.2) is 0 Å². The number of carbonyl (C=O) groups excluding carboxylic acids is 1. The second-order valence-electron chi connectivity index (χ2n) is 4.61. The van der Waals surface area contributed by atoms with Gasteiger partial charge in [0, 0.05) is 4.88 Å². The van der Waals surface area contributed by atoms with Crippen LogP contribution in [-0.2, 0) is 6.42 Å². The van der Waals surface area contributed by atoms with Crippen LogP contribution < -0.4 is 14.8 Å². The van der Waals surface area contributed by atoms with E-state index in [9.17, 15) is 14.7 Å². The molecule has 0 saturated heterocycles. The summed E-state index contributed by atoms with van der Waals surface area (Å²) in [5, 5.41) is 12.2. The lowest BCUT2D eigenvalue weighted by Gasteiger charge is -2.12. The van der Waals surface area contributed by atoms with Gasteiger partial charge in [0.05, 0.1) is 19.8 Å². The van der Waals surface area contributed by atoms with Gasteiger partial charge in [0.25, 0.3) is 5.91 Å². The Morgan fingerprint density at radius 1 is 1.22 bits per heavy atom. The van der Waals surface area contributed by atoms with Crippen molar-refractivity contribution in [1.82, 2.24) is 0 Å². The molecule has 6 nitrogen and oxygen atoms in total. The quantitative estimate of drug-likeness (QED) is 0.846. The summed E-state index contributed by atoms with van der Waals surface area (Å²) < 4.78 is 10.4. The van der Waals surface area contributed by atoms with Crippen LogP contribution >= 0.6 is 11.3 Å². The third-order valence-corrected chi connectivity index (χ3v) is 4.44. The molecule has 2 aromatic rings. The summed E-state index contributed by atoms with van der Waals surface area (Å²) in [6.45, 7) is 1.92. The van der Waals surface area contributed by atoms with Gasteiger partial charge >= 0.3 is 5.97 Å². The number of anilines is 1. The first-order valence-corrected chi connectivity index (χ1v) is 7.71. The molecular weight excluding hydrogens is 318 g/mol. The molecule has 2 rings (SSSR count). The van der Waals surface area contributed by atoms with Crippen molar-refractivity contribution >= 4 is 28.2 Å². The minimum Gasteiger partial charge on any atom is -0.496 e. The van der Waals surface area contributed by atoms with Crippen LogP contribution in [0.15, 0.2) is 24.3 Å². The van der Waals surface area contributed by atoms with Crippen LogP contribution in [0.3, 0.4) is 0 Å². The van der Waals surface area contributed by atoms with Gasteiger partial charge in [0.2, 0.25) is 0 Å². The van der Waals surface area contributed by atoms with Crippen LogP contribution in [0.25, 0.3) is 0 Å². The zero-order chi connectivity index (χ0) is 17.0. The molecule has 1 heterocycles. The first-order valence-electron chi connectivity index (χ1n) is 6.90. The fraction of sp³-hybridized carbons (Fsp3) is 0.250. The normalized spacial score (nSPS) is 10.2. The first kappa shape index (κ1) is 16.8. The molecule has 7 heteroatoms. The molecule has 23 heavy (non-hydrogen) atoms. The molecule has 122 valence electrons. The maximum Gasteiger partial charge on any atom is 0.338 e. The molecule has 0 aliphatic carbocycles. The molecule has 0 saturated carbocycles. The maximum atomic E-state index is 12.6. The molecular formula is C16H17NO5S. The number of nitrogens with one attached hydrogen (secondary N) is 1. The van der Waals surface area contributed by atoms with Crippen LogP contribution in [0.2, 0.25) is 0 Å². The molecule has 1 aromatic carbocycles. The van der Waals surface area contributed by atoms with Gasteiger partial charge in [-0.3, -0.25) is 4.79 Å². The predicted octanol–water partition coefficient (Wildman–Crippen LogP) is 3.28. The van der Waals surface area contributed by atoms with Crippen LogP contribution in [0.4, 0.5) is 5.00 Å². The largest absolute Gasteiger partial charge is 0.496 e. The van der Waals surface area contributed by atoms with Gasteiger partial charge in [0.1, 0.15) is 22.1 Å². The van der Waals surface area contributed by atoms with Crippen LogP contribution in [0.5, 0.6) is 11.5 Å². The Morgan fingerprint density at radius 2 is 1.83 bits per heavy atom. The number of methoxy groups -OCH3 is 2. The minimum absolute atomic E-state index is 0.0778. The second-order valence-corrected chi connectivity index (χ2v) is 5.74. The zero-order valence-corrected chi connectivity index (χ0v) is 13.8. The number of benzene rings is 1. The van der Waals surface area contributed by atoms with Crippen molar-refractivity contribution in [2.45, 2.75) is 13.3 Å². The molecule has 0 fully saturated rings. The summed E-state index contributed by atoms with van der Waals surface area (Å²) in [6.07, 6.45) is 0.693. The fourth-order valence-electron chi connectivity index (χ4n) is 2.11. The molecule has 0 radical (unpaired) electrons. The van der Waals surface area contributed by atoms with Crippen LogP contribution in [0, 0.1) is 0 Å². The number of carboxylic acids is 1. The summed E-state index contributed by atoms with van der Waals surface area (Å²) >= 11 is 1.24. The van der Waals surface area contributed by atoms with Gasteiger partial charge in [-0.1, -0.05) is 13.0 Å². The SMILES string of the molecule is CCc1cc(C(=O)O)c(NC(=O)c2c(OC)cccc2OC)s1. The lowest BCUT2D eigenvalue weighted by atomic mass is 10.1. The number of amides is 1. The number of rotatable bonds is 6. The highest BCUT2D eigenvalue weighted by Gasteiger charge is 2.22. The van der Waals surface area contributed by atoms with Crippen molar-refractivity contribution in [3.63, 3.8) is 0 Å². The highest BCUT2D eigenvalue weighted by atomic mass is 32.1. The Kier molecular flexibility index (Phi) is 5.23. The van der Waals surface area contributed by atoms with Crippen molar-refractivity contribution in [3.05, 3.63) is 40.3 Å². The Bertz CT molecular complexity index is 716. The van der Waals surface area contributed by atoms with Gasteiger partial charge in [-0.25, -0.2) is 4.79 Å². The predicted molar refractivity (Wildman–Crippen MR) is 88.2 cm³/mol. The molecule has 0 unspecified atom stereocenters. The smallest absolute Gasteiger partial charge is 0.338 e. The van der Waals surface area contributed by atoms with E-state index in [1.54, 1.807) is 24.3 Å². The number of hydrogen-bond donors (Lipinski definition) is 2. The van der Waals surface area contributed by atoms with Crippen molar-refractivity contribution in [1.29, 1.82) is 0 Å². The molecule has 0 spiro atoms. The average molecular weight is 335 g/mol. The molecule has 0 atom stereocenters. The van der Waals surface area contributed by atoms with E-state index in [1.807, 2.05) is 6.92 Å². The molecule has 1 aromatic heterocycles. The van der Waals surface area contributed by atoms with E-state index in [2.05, 4.69) is 5.32 Å². The van der Waals surface area contributed by atoms with E-state index < -0.39 is 11.9 Å². The third kappa shape index (κ3) is 3.45. The van der Waals surface area contributed by atoms with E-state index in [-0.39, 0.29) is 11.1 Å². The monoisotopic (exact) mass is 335 g/mol. The number of hydrogen-bond acceptors (Lipinski definition) is 5. The van der Waals surface area contributed by atoms with Gasteiger partial charge in [-0.15, -0.1) is 11.3 Å². The van der Waals surface area contributed by atoms with E-state index in [4.69, 9.17) is 9.47 Å². The van der Waals surface area contributed by atoms with Gasteiger partial charge in [-0.05, 0) is 24.6 Å².